The van der Waals surface area contributed by atoms with E-state index in [-0.39, 0.29) is 12.1 Å². The molecule has 1 aliphatic carbocycles. The van der Waals surface area contributed by atoms with Crippen LogP contribution >= 0.6 is 0 Å². The molecule has 0 saturated heterocycles. The van der Waals surface area contributed by atoms with Gasteiger partial charge in [0.2, 0.25) is 0 Å². The molecule has 1 rings (SSSR count). The van der Waals surface area contributed by atoms with Gasteiger partial charge in [-0.25, -0.2) is 4.79 Å². The lowest BCUT2D eigenvalue weighted by atomic mass is 9.88. The second-order valence-electron chi connectivity index (χ2n) is 2.93. The Morgan fingerprint density at radius 3 is 2.55 bits per heavy atom. The molecule has 2 N–H and O–H groups in total. The molecular formula is C7H14N2O2. The number of carbonyl (C=O) groups excluding carboxylic acids is 1. The van der Waals surface area contributed by atoms with Crippen LogP contribution in [0.2, 0.25) is 0 Å². The van der Waals surface area contributed by atoms with Gasteiger partial charge in [0.1, 0.15) is 0 Å². The van der Waals surface area contributed by atoms with E-state index in [1.807, 2.05) is 0 Å². The second kappa shape index (κ2) is 3.09. The SMILES string of the molecule is COC1CC(N(C)C(N)=O)C1. The standard InChI is InChI=1S/C7H14N2O2/c1-9(7(8)10)5-3-6(4-5)11-2/h5-6H,3-4H2,1-2H3,(H2,8,10). The predicted molar refractivity (Wildman–Crippen MR) is 41.2 cm³/mol. The summed E-state index contributed by atoms with van der Waals surface area (Å²) < 4.78 is 5.07. The van der Waals surface area contributed by atoms with Crippen molar-refractivity contribution in [2.24, 2.45) is 5.73 Å². The molecule has 1 saturated carbocycles. The van der Waals surface area contributed by atoms with Gasteiger partial charge in [0.25, 0.3) is 0 Å². The fourth-order valence-corrected chi connectivity index (χ4v) is 1.23. The molecule has 0 atom stereocenters. The number of nitrogens with two attached hydrogens (primary N) is 1. The highest BCUT2D eigenvalue weighted by Crippen LogP contribution is 2.26. The third-order valence-electron chi connectivity index (χ3n) is 2.30. The maximum absolute atomic E-state index is 10.6. The topological polar surface area (TPSA) is 55.6 Å². The Balaban J connectivity index is 2.26. The molecule has 4 nitrogen and oxygen atoms in total. The van der Waals surface area contributed by atoms with E-state index < -0.39 is 0 Å². The number of urea groups is 1. The third-order valence-corrected chi connectivity index (χ3v) is 2.30. The summed E-state index contributed by atoms with van der Waals surface area (Å²) in [6, 6.07) is -0.0676. The van der Waals surface area contributed by atoms with Gasteiger partial charge in [-0.15, -0.1) is 0 Å². The van der Waals surface area contributed by atoms with E-state index in [0.29, 0.717) is 6.10 Å². The minimum Gasteiger partial charge on any atom is -0.381 e. The summed E-state index contributed by atoms with van der Waals surface area (Å²) in [5.74, 6) is 0. The van der Waals surface area contributed by atoms with Gasteiger partial charge >= 0.3 is 6.03 Å². The molecule has 0 spiro atoms. The van der Waals surface area contributed by atoms with E-state index in [9.17, 15) is 4.79 Å². The molecule has 11 heavy (non-hydrogen) atoms. The van der Waals surface area contributed by atoms with Crippen LogP contribution in [0.3, 0.4) is 0 Å². The average molecular weight is 158 g/mol. The molecule has 0 aromatic carbocycles. The zero-order valence-corrected chi connectivity index (χ0v) is 6.91. The highest BCUT2D eigenvalue weighted by Gasteiger charge is 2.33. The monoisotopic (exact) mass is 158 g/mol. The third kappa shape index (κ3) is 1.63. The number of rotatable bonds is 2. The summed E-state index contributed by atoms with van der Waals surface area (Å²) in [4.78, 5) is 12.2. The zero-order valence-electron chi connectivity index (χ0n) is 6.91. The van der Waals surface area contributed by atoms with Crippen LogP contribution in [0, 0.1) is 0 Å². The summed E-state index contributed by atoms with van der Waals surface area (Å²) in [5.41, 5.74) is 5.08. The maximum Gasteiger partial charge on any atom is 0.314 e. The van der Waals surface area contributed by atoms with E-state index >= 15 is 0 Å². The molecule has 0 unspecified atom stereocenters. The average Bonchev–Trinajstić information content (AvgIpc) is 1.85. The number of methoxy groups -OCH3 is 1. The van der Waals surface area contributed by atoms with Crippen molar-refractivity contribution in [1.29, 1.82) is 0 Å². The second-order valence-corrected chi connectivity index (χ2v) is 2.93. The quantitative estimate of drug-likeness (QED) is 0.623. The van der Waals surface area contributed by atoms with E-state index in [1.165, 1.54) is 0 Å². The minimum absolute atomic E-state index is 0.289. The van der Waals surface area contributed by atoms with E-state index in [2.05, 4.69) is 0 Å². The van der Waals surface area contributed by atoms with E-state index in [4.69, 9.17) is 10.5 Å². The van der Waals surface area contributed by atoms with Gasteiger partial charge in [-0.05, 0) is 12.8 Å². The summed E-state index contributed by atoms with van der Waals surface area (Å²) in [6.07, 6.45) is 2.15. The van der Waals surface area contributed by atoms with Gasteiger partial charge < -0.3 is 15.4 Å². The molecule has 1 fully saturated rings. The normalized spacial score (nSPS) is 29.3. The Morgan fingerprint density at radius 2 is 2.18 bits per heavy atom. The van der Waals surface area contributed by atoms with Crippen molar-refractivity contribution in [2.75, 3.05) is 14.2 Å². The fourth-order valence-electron chi connectivity index (χ4n) is 1.23. The highest BCUT2D eigenvalue weighted by molar-refractivity contribution is 5.72. The van der Waals surface area contributed by atoms with Crippen LogP contribution < -0.4 is 5.73 Å². The van der Waals surface area contributed by atoms with Crippen LogP contribution in [-0.4, -0.2) is 37.2 Å². The van der Waals surface area contributed by atoms with Crippen molar-refractivity contribution in [1.82, 2.24) is 4.90 Å². The van der Waals surface area contributed by atoms with Crippen LogP contribution in [0.25, 0.3) is 0 Å². The molecule has 2 amide bonds. The van der Waals surface area contributed by atoms with Gasteiger partial charge in [0, 0.05) is 20.2 Å². The van der Waals surface area contributed by atoms with Crippen LogP contribution in [0.1, 0.15) is 12.8 Å². The molecule has 0 heterocycles. The van der Waals surface area contributed by atoms with Crippen molar-refractivity contribution in [2.45, 2.75) is 25.0 Å². The van der Waals surface area contributed by atoms with Crippen LogP contribution in [0.15, 0.2) is 0 Å². The Bertz CT molecular complexity index is 155. The van der Waals surface area contributed by atoms with Crippen molar-refractivity contribution in [3.8, 4) is 0 Å². The summed E-state index contributed by atoms with van der Waals surface area (Å²) in [7, 11) is 3.41. The van der Waals surface area contributed by atoms with Gasteiger partial charge in [-0.1, -0.05) is 0 Å². The van der Waals surface area contributed by atoms with Crippen molar-refractivity contribution >= 4 is 6.03 Å². The lowest BCUT2D eigenvalue weighted by Crippen LogP contribution is -2.50. The van der Waals surface area contributed by atoms with Crippen molar-refractivity contribution in [3.05, 3.63) is 0 Å². The first-order valence-electron chi connectivity index (χ1n) is 3.70. The molecule has 0 bridgehead atoms. The lowest BCUT2D eigenvalue weighted by molar-refractivity contribution is -0.00751. The Hall–Kier alpha value is -0.770. The summed E-state index contributed by atoms with van der Waals surface area (Å²) in [6.45, 7) is 0. The summed E-state index contributed by atoms with van der Waals surface area (Å²) in [5, 5.41) is 0. The van der Waals surface area contributed by atoms with E-state index in [1.54, 1.807) is 19.1 Å². The molecule has 64 valence electrons. The number of nitrogens with zero attached hydrogens (tertiary/aromatic N) is 1. The number of hydrogen-bond donors (Lipinski definition) is 1. The molecule has 0 radical (unpaired) electrons. The molecule has 0 aliphatic heterocycles. The molecule has 4 heteroatoms. The smallest absolute Gasteiger partial charge is 0.314 e. The van der Waals surface area contributed by atoms with Gasteiger partial charge in [0.05, 0.1) is 6.10 Å². The molecule has 0 aromatic heterocycles. The summed E-state index contributed by atoms with van der Waals surface area (Å²) >= 11 is 0. The first kappa shape index (κ1) is 8.33. The van der Waals surface area contributed by atoms with Crippen LogP contribution in [0.5, 0.6) is 0 Å². The number of ether oxygens (including phenoxy) is 1. The number of hydrogen-bond acceptors (Lipinski definition) is 2. The lowest BCUT2D eigenvalue weighted by Gasteiger charge is -2.39. The Morgan fingerprint density at radius 1 is 1.64 bits per heavy atom. The van der Waals surface area contributed by atoms with Crippen molar-refractivity contribution < 1.29 is 9.53 Å². The fraction of sp³-hybridized carbons (Fsp3) is 0.857. The zero-order chi connectivity index (χ0) is 8.43. The first-order chi connectivity index (χ1) is 5.15. The number of carbonyl (C=O) groups is 1. The molecule has 0 aromatic rings. The minimum atomic E-state index is -0.357. The maximum atomic E-state index is 10.6. The van der Waals surface area contributed by atoms with E-state index in [0.717, 1.165) is 12.8 Å². The van der Waals surface area contributed by atoms with Crippen LogP contribution in [0.4, 0.5) is 4.79 Å². The Labute approximate surface area is 66.3 Å². The number of amides is 2. The van der Waals surface area contributed by atoms with Crippen molar-refractivity contribution in [3.63, 3.8) is 0 Å². The van der Waals surface area contributed by atoms with Gasteiger partial charge in [-0.2, -0.15) is 0 Å². The van der Waals surface area contributed by atoms with Crippen LogP contribution in [-0.2, 0) is 4.74 Å². The molecular weight excluding hydrogens is 144 g/mol. The van der Waals surface area contributed by atoms with Gasteiger partial charge in [-0.3, -0.25) is 0 Å². The number of primary amides is 1. The molecule has 1 aliphatic rings. The predicted octanol–water partition coefficient (Wildman–Crippen LogP) is 0.174. The largest absolute Gasteiger partial charge is 0.381 e. The Kier molecular flexibility index (Phi) is 2.34. The van der Waals surface area contributed by atoms with Gasteiger partial charge in [0.15, 0.2) is 0 Å². The first-order valence-corrected chi connectivity index (χ1v) is 3.70. The highest BCUT2D eigenvalue weighted by atomic mass is 16.5.